The average molecular weight is 250 g/mol. The topological polar surface area (TPSA) is 68.2 Å². The number of nitrogens with two attached hydrogens (primary N) is 1. The maximum Gasteiger partial charge on any atom is 0.229 e. The lowest BCUT2D eigenvalue weighted by Crippen LogP contribution is -2.42. The van der Waals surface area contributed by atoms with E-state index in [0.29, 0.717) is 11.8 Å². The van der Waals surface area contributed by atoms with Crippen molar-refractivity contribution in [1.29, 1.82) is 0 Å². The Morgan fingerprint density at radius 2 is 2.22 bits per heavy atom. The van der Waals surface area contributed by atoms with Gasteiger partial charge in [0.1, 0.15) is 0 Å². The van der Waals surface area contributed by atoms with Gasteiger partial charge in [-0.3, -0.25) is 4.90 Å². The Morgan fingerprint density at radius 1 is 1.39 bits per heavy atom. The molecule has 0 bridgehead atoms. The van der Waals surface area contributed by atoms with Crippen LogP contribution in [0.3, 0.4) is 0 Å². The molecule has 3 rings (SSSR count). The van der Waals surface area contributed by atoms with Gasteiger partial charge in [0.25, 0.3) is 0 Å². The van der Waals surface area contributed by atoms with Gasteiger partial charge in [-0.2, -0.15) is 4.98 Å². The van der Waals surface area contributed by atoms with Crippen LogP contribution in [0.4, 0.5) is 0 Å². The van der Waals surface area contributed by atoms with Gasteiger partial charge in [0.2, 0.25) is 5.89 Å². The summed E-state index contributed by atoms with van der Waals surface area (Å²) in [4.78, 5) is 6.89. The lowest BCUT2D eigenvalue weighted by molar-refractivity contribution is 0.122. The third-order valence-corrected chi connectivity index (χ3v) is 4.28. The SMILES string of the molecule is CC1CCN(Cc2noc(C3CC3)n2)CC1CN. The standard InChI is InChI=1S/C13H22N4O/c1-9-4-5-17(7-11(9)6-14)8-12-15-13(18-16-12)10-2-3-10/h9-11H,2-8,14H2,1H3. The van der Waals surface area contributed by atoms with Crippen LogP contribution in [0, 0.1) is 11.8 Å². The molecule has 2 fully saturated rings. The summed E-state index contributed by atoms with van der Waals surface area (Å²) in [6.07, 6.45) is 3.63. The van der Waals surface area contributed by atoms with Crippen LogP contribution in [0.15, 0.2) is 4.52 Å². The highest BCUT2D eigenvalue weighted by atomic mass is 16.5. The van der Waals surface area contributed by atoms with Crippen molar-refractivity contribution in [2.75, 3.05) is 19.6 Å². The molecule has 1 aliphatic heterocycles. The van der Waals surface area contributed by atoms with Crippen LogP contribution in [0.25, 0.3) is 0 Å². The molecule has 2 unspecified atom stereocenters. The summed E-state index contributed by atoms with van der Waals surface area (Å²) in [5.41, 5.74) is 5.82. The second kappa shape index (κ2) is 4.97. The van der Waals surface area contributed by atoms with Crippen molar-refractivity contribution in [3.63, 3.8) is 0 Å². The molecule has 0 radical (unpaired) electrons. The van der Waals surface area contributed by atoms with Crippen LogP contribution < -0.4 is 5.73 Å². The Bertz CT molecular complexity index is 401. The molecular weight excluding hydrogens is 228 g/mol. The molecular formula is C13H22N4O. The van der Waals surface area contributed by atoms with Crippen LogP contribution in [0.2, 0.25) is 0 Å². The third kappa shape index (κ3) is 2.57. The van der Waals surface area contributed by atoms with E-state index in [1.54, 1.807) is 0 Å². The summed E-state index contributed by atoms with van der Waals surface area (Å²) in [7, 11) is 0. The van der Waals surface area contributed by atoms with Crippen molar-refractivity contribution >= 4 is 0 Å². The zero-order chi connectivity index (χ0) is 12.5. The Morgan fingerprint density at radius 3 is 2.94 bits per heavy atom. The zero-order valence-corrected chi connectivity index (χ0v) is 11.0. The summed E-state index contributed by atoms with van der Waals surface area (Å²) in [6.45, 7) is 6.06. The molecule has 18 heavy (non-hydrogen) atoms. The van der Waals surface area contributed by atoms with Gasteiger partial charge in [-0.1, -0.05) is 12.1 Å². The van der Waals surface area contributed by atoms with E-state index in [1.165, 1.54) is 19.3 Å². The van der Waals surface area contributed by atoms with Gasteiger partial charge in [-0.05, 0) is 44.2 Å². The lowest BCUT2D eigenvalue weighted by atomic mass is 9.87. The minimum atomic E-state index is 0.546. The van der Waals surface area contributed by atoms with Crippen molar-refractivity contribution in [1.82, 2.24) is 15.0 Å². The second-order valence-corrected chi connectivity index (χ2v) is 5.82. The van der Waals surface area contributed by atoms with E-state index in [0.717, 1.165) is 43.8 Å². The van der Waals surface area contributed by atoms with E-state index in [1.807, 2.05) is 0 Å². The van der Waals surface area contributed by atoms with E-state index in [4.69, 9.17) is 10.3 Å². The van der Waals surface area contributed by atoms with Crippen LogP contribution in [0.1, 0.15) is 43.8 Å². The fraction of sp³-hybridized carbons (Fsp3) is 0.846. The van der Waals surface area contributed by atoms with Crippen LogP contribution >= 0.6 is 0 Å². The largest absolute Gasteiger partial charge is 0.339 e. The molecule has 0 amide bonds. The number of likely N-dealkylation sites (tertiary alicyclic amines) is 1. The fourth-order valence-electron chi connectivity index (χ4n) is 2.70. The maximum atomic E-state index is 5.82. The highest BCUT2D eigenvalue weighted by Gasteiger charge is 2.30. The molecule has 5 heteroatoms. The molecule has 0 spiro atoms. The number of aromatic nitrogens is 2. The Labute approximate surface area is 108 Å². The van der Waals surface area contributed by atoms with Crippen molar-refractivity contribution in [2.24, 2.45) is 17.6 Å². The summed E-state index contributed by atoms with van der Waals surface area (Å²) in [6, 6.07) is 0. The number of piperidine rings is 1. The predicted octanol–water partition coefficient (Wildman–Crippen LogP) is 1.36. The van der Waals surface area contributed by atoms with Crippen molar-refractivity contribution in [2.45, 2.75) is 38.6 Å². The molecule has 2 atom stereocenters. The molecule has 1 aromatic heterocycles. The molecule has 1 aliphatic carbocycles. The Balaban J connectivity index is 1.58. The first kappa shape index (κ1) is 12.1. The van der Waals surface area contributed by atoms with E-state index in [9.17, 15) is 0 Å². The molecule has 1 saturated carbocycles. The van der Waals surface area contributed by atoms with Crippen molar-refractivity contribution in [3.8, 4) is 0 Å². The Hall–Kier alpha value is -0.940. The highest BCUT2D eigenvalue weighted by Crippen LogP contribution is 2.38. The normalized spacial score (nSPS) is 29.7. The van der Waals surface area contributed by atoms with E-state index < -0.39 is 0 Å². The zero-order valence-electron chi connectivity index (χ0n) is 11.0. The van der Waals surface area contributed by atoms with Gasteiger partial charge in [0.15, 0.2) is 5.82 Å². The van der Waals surface area contributed by atoms with Crippen LogP contribution in [0.5, 0.6) is 0 Å². The van der Waals surface area contributed by atoms with Gasteiger partial charge in [-0.15, -0.1) is 0 Å². The van der Waals surface area contributed by atoms with Gasteiger partial charge in [-0.25, -0.2) is 0 Å². The summed E-state index contributed by atoms with van der Waals surface area (Å²) in [5, 5.41) is 4.08. The van der Waals surface area contributed by atoms with E-state index in [-0.39, 0.29) is 0 Å². The number of hydrogen-bond acceptors (Lipinski definition) is 5. The first-order valence-electron chi connectivity index (χ1n) is 7.01. The fourth-order valence-corrected chi connectivity index (χ4v) is 2.70. The quantitative estimate of drug-likeness (QED) is 0.874. The monoisotopic (exact) mass is 250 g/mol. The number of hydrogen-bond donors (Lipinski definition) is 1. The Kier molecular flexibility index (Phi) is 3.35. The van der Waals surface area contributed by atoms with Crippen LogP contribution in [-0.2, 0) is 6.54 Å². The smallest absolute Gasteiger partial charge is 0.229 e. The molecule has 5 nitrogen and oxygen atoms in total. The van der Waals surface area contributed by atoms with E-state index >= 15 is 0 Å². The number of rotatable bonds is 4. The van der Waals surface area contributed by atoms with Crippen molar-refractivity contribution < 1.29 is 4.52 Å². The predicted molar refractivity (Wildman–Crippen MR) is 67.9 cm³/mol. The lowest BCUT2D eigenvalue weighted by Gasteiger charge is -2.35. The van der Waals surface area contributed by atoms with Gasteiger partial charge in [0, 0.05) is 12.5 Å². The van der Waals surface area contributed by atoms with Gasteiger partial charge >= 0.3 is 0 Å². The highest BCUT2D eigenvalue weighted by molar-refractivity contribution is 5.01. The summed E-state index contributed by atoms with van der Waals surface area (Å²) < 4.78 is 5.29. The summed E-state index contributed by atoms with van der Waals surface area (Å²) >= 11 is 0. The van der Waals surface area contributed by atoms with E-state index in [2.05, 4.69) is 22.0 Å². The molecule has 1 aromatic rings. The average Bonchev–Trinajstić information content (AvgIpc) is 3.13. The minimum Gasteiger partial charge on any atom is -0.339 e. The molecule has 100 valence electrons. The maximum absolute atomic E-state index is 5.82. The molecule has 2 aliphatic rings. The molecule has 2 N–H and O–H groups in total. The van der Waals surface area contributed by atoms with Gasteiger partial charge < -0.3 is 10.3 Å². The molecule has 2 heterocycles. The minimum absolute atomic E-state index is 0.546. The third-order valence-electron chi connectivity index (χ3n) is 4.28. The summed E-state index contributed by atoms with van der Waals surface area (Å²) in [5.74, 6) is 3.56. The van der Waals surface area contributed by atoms with Crippen molar-refractivity contribution in [3.05, 3.63) is 11.7 Å². The van der Waals surface area contributed by atoms with Gasteiger partial charge in [0.05, 0.1) is 6.54 Å². The molecule has 1 saturated heterocycles. The van der Waals surface area contributed by atoms with Crippen LogP contribution in [-0.4, -0.2) is 34.7 Å². The first-order valence-corrected chi connectivity index (χ1v) is 7.01. The first-order chi connectivity index (χ1) is 8.76. The number of nitrogens with zero attached hydrogens (tertiary/aromatic N) is 3. The second-order valence-electron chi connectivity index (χ2n) is 5.82. The molecule has 0 aromatic carbocycles.